The molecule has 2 saturated heterocycles. The third-order valence-electron chi connectivity index (χ3n) is 5.94. The van der Waals surface area contributed by atoms with Gasteiger partial charge in [0.1, 0.15) is 5.82 Å². The predicted molar refractivity (Wildman–Crippen MR) is 120 cm³/mol. The number of piperazine rings is 1. The molecule has 0 spiro atoms. The number of urea groups is 1. The summed E-state index contributed by atoms with van der Waals surface area (Å²) in [5.41, 5.74) is -0.477. The molecule has 2 fully saturated rings. The van der Waals surface area contributed by atoms with Gasteiger partial charge >= 0.3 is 6.03 Å². The van der Waals surface area contributed by atoms with Gasteiger partial charge in [-0.3, -0.25) is 14.2 Å². The van der Waals surface area contributed by atoms with Crippen LogP contribution in [0.15, 0.2) is 29.1 Å². The summed E-state index contributed by atoms with van der Waals surface area (Å²) in [6.45, 7) is 3.93. The number of halogens is 1. The van der Waals surface area contributed by atoms with Crippen LogP contribution in [0.5, 0.6) is 5.75 Å². The van der Waals surface area contributed by atoms with Gasteiger partial charge in [-0.05, 0) is 17.7 Å². The third kappa shape index (κ3) is 4.96. The highest BCUT2D eigenvalue weighted by atomic mass is 19.1. The third-order valence-corrected chi connectivity index (χ3v) is 5.94. The molecule has 0 bridgehead atoms. The Balaban J connectivity index is 1.45. The van der Waals surface area contributed by atoms with Crippen LogP contribution in [0.1, 0.15) is 16.1 Å². The highest BCUT2D eigenvalue weighted by molar-refractivity contribution is 5.95. The van der Waals surface area contributed by atoms with Gasteiger partial charge in [-0.2, -0.15) is 0 Å². The molecule has 34 heavy (non-hydrogen) atoms. The number of rotatable bonds is 4. The van der Waals surface area contributed by atoms with Crippen molar-refractivity contribution < 1.29 is 23.8 Å². The lowest BCUT2D eigenvalue weighted by molar-refractivity contribution is 0.0428. The molecule has 0 radical (unpaired) electrons. The van der Waals surface area contributed by atoms with Crippen molar-refractivity contribution >= 4 is 17.9 Å². The van der Waals surface area contributed by atoms with E-state index in [0.717, 1.165) is 0 Å². The molecule has 11 nitrogen and oxygen atoms in total. The van der Waals surface area contributed by atoms with Crippen molar-refractivity contribution in [3.8, 4) is 5.75 Å². The molecule has 2 aliphatic rings. The summed E-state index contributed by atoms with van der Waals surface area (Å²) in [6, 6.07) is 5.55. The van der Waals surface area contributed by atoms with Crippen LogP contribution in [0.4, 0.5) is 15.1 Å². The molecule has 0 aliphatic carbocycles. The van der Waals surface area contributed by atoms with E-state index in [1.54, 1.807) is 14.7 Å². The van der Waals surface area contributed by atoms with Crippen LogP contribution in [0.25, 0.3) is 0 Å². The molecular formula is C22H27FN6O5. The molecular weight excluding hydrogens is 447 g/mol. The number of amides is 3. The first-order chi connectivity index (χ1) is 16.3. The average molecular weight is 474 g/mol. The molecule has 0 unspecified atom stereocenters. The number of nitrogens with one attached hydrogen (secondary N) is 1. The van der Waals surface area contributed by atoms with Gasteiger partial charge in [0.25, 0.3) is 11.5 Å². The molecule has 1 aromatic carbocycles. The molecule has 2 aromatic rings. The summed E-state index contributed by atoms with van der Waals surface area (Å²) in [4.78, 5) is 47.6. The number of hydrogen-bond acceptors (Lipinski definition) is 7. The second-order valence-electron chi connectivity index (χ2n) is 8.14. The van der Waals surface area contributed by atoms with Gasteiger partial charge in [-0.15, -0.1) is 0 Å². The minimum Gasteiger partial charge on any atom is -0.501 e. The number of ether oxygens (including phenoxy) is 1. The van der Waals surface area contributed by atoms with E-state index < -0.39 is 23.0 Å². The van der Waals surface area contributed by atoms with Crippen LogP contribution in [-0.4, -0.2) is 88.9 Å². The molecule has 182 valence electrons. The van der Waals surface area contributed by atoms with Crippen LogP contribution in [-0.2, 0) is 18.3 Å². The maximum absolute atomic E-state index is 13.1. The Labute approximate surface area is 195 Å². The first kappa shape index (κ1) is 23.5. The van der Waals surface area contributed by atoms with Gasteiger partial charge in [0.05, 0.1) is 13.2 Å². The fourth-order valence-corrected chi connectivity index (χ4v) is 3.94. The standard InChI is InChI=1S/C22H27FN6O5/c1-26-20(32)18(30)17(19(31)24-14-15-2-4-16(23)5-3-15)25-21(26)27-6-8-28(9-7-27)22(33)29-10-12-34-13-11-29/h2-5,30H,6-14H2,1H3,(H,24,31). The summed E-state index contributed by atoms with van der Waals surface area (Å²) in [7, 11) is 1.47. The Bertz CT molecular complexity index is 1110. The van der Waals surface area contributed by atoms with E-state index in [-0.39, 0.29) is 24.2 Å². The first-order valence-electron chi connectivity index (χ1n) is 11.0. The highest BCUT2D eigenvalue weighted by Crippen LogP contribution is 2.18. The maximum Gasteiger partial charge on any atom is 0.320 e. The molecule has 12 heteroatoms. The molecule has 0 atom stereocenters. The monoisotopic (exact) mass is 474 g/mol. The van der Waals surface area contributed by atoms with E-state index in [2.05, 4.69) is 10.3 Å². The van der Waals surface area contributed by atoms with E-state index in [1.807, 2.05) is 0 Å². The number of aromatic nitrogens is 2. The van der Waals surface area contributed by atoms with Crippen LogP contribution in [0.3, 0.4) is 0 Å². The molecule has 3 heterocycles. The summed E-state index contributed by atoms with van der Waals surface area (Å²) < 4.78 is 19.5. The SMILES string of the molecule is Cn1c(N2CCN(C(=O)N3CCOCC3)CC2)nc(C(=O)NCc2ccc(F)cc2)c(O)c1=O. The van der Waals surface area contributed by atoms with Gasteiger partial charge in [-0.25, -0.2) is 14.2 Å². The zero-order valence-electron chi connectivity index (χ0n) is 18.9. The Morgan fingerprint density at radius 2 is 1.68 bits per heavy atom. The molecule has 2 N–H and O–H groups in total. The van der Waals surface area contributed by atoms with Crippen LogP contribution in [0.2, 0.25) is 0 Å². The number of hydrogen-bond donors (Lipinski definition) is 2. The van der Waals surface area contributed by atoms with Gasteiger partial charge < -0.3 is 29.9 Å². The lowest BCUT2D eigenvalue weighted by Gasteiger charge is -2.39. The molecule has 3 amide bonds. The van der Waals surface area contributed by atoms with E-state index >= 15 is 0 Å². The van der Waals surface area contributed by atoms with E-state index in [0.29, 0.717) is 58.0 Å². The second-order valence-corrected chi connectivity index (χ2v) is 8.14. The fraction of sp³-hybridized carbons (Fsp3) is 0.455. The quantitative estimate of drug-likeness (QED) is 0.646. The molecule has 2 aliphatic heterocycles. The maximum atomic E-state index is 13.1. The number of aromatic hydroxyl groups is 1. The van der Waals surface area contributed by atoms with Gasteiger partial charge in [-0.1, -0.05) is 12.1 Å². The lowest BCUT2D eigenvalue weighted by atomic mass is 10.2. The van der Waals surface area contributed by atoms with E-state index in [1.165, 1.54) is 35.9 Å². The van der Waals surface area contributed by atoms with Crippen molar-refractivity contribution in [3.63, 3.8) is 0 Å². The van der Waals surface area contributed by atoms with Crippen molar-refractivity contribution in [2.45, 2.75) is 6.54 Å². The number of morpholine rings is 1. The van der Waals surface area contributed by atoms with Crippen LogP contribution < -0.4 is 15.8 Å². The van der Waals surface area contributed by atoms with Crippen LogP contribution >= 0.6 is 0 Å². The number of carbonyl (C=O) groups is 2. The van der Waals surface area contributed by atoms with Crippen molar-refractivity contribution in [1.82, 2.24) is 24.7 Å². The fourth-order valence-electron chi connectivity index (χ4n) is 3.94. The predicted octanol–water partition coefficient (Wildman–Crippen LogP) is 0.129. The van der Waals surface area contributed by atoms with E-state index in [4.69, 9.17) is 4.74 Å². The smallest absolute Gasteiger partial charge is 0.320 e. The lowest BCUT2D eigenvalue weighted by Crippen LogP contribution is -2.55. The average Bonchev–Trinajstić information content (AvgIpc) is 2.87. The highest BCUT2D eigenvalue weighted by Gasteiger charge is 2.29. The van der Waals surface area contributed by atoms with Crippen molar-refractivity contribution in [3.05, 3.63) is 51.7 Å². The van der Waals surface area contributed by atoms with Crippen LogP contribution in [0, 0.1) is 5.82 Å². The second kappa shape index (κ2) is 10.1. The first-order valence-corrected chi connectivity index (χ1v) is 11.0. The summed E-state index contributed by atoms with van der Waals surface area (Å²) in [5.74, 6) is -1.63. The summed E-state index contributed by atoms with van der Waals surface area (Å²) in [6.07, 6.45) is 0. The minimum absolute atomic E-state index is 0.0450. The number of carbonyl (C=O) groups excluding carboxylic acids is 2. The Morgan fingerprint density at radius 3 is 2.32 bits per heavy atom. The molecule has 1 aromatic heterocycles. The number of anilines is 1. The Hall–Kier alpha value is -3.67. The Kier molecular flexibility index (Phi) is 6.96. The number of nitrogens with zero attached hydrogens (tertiary/aromatic N) is 5. The summed E-state index contributed by atoms with van der Waals surface area (Å²) in [5, 5.41) is 12.9. The van der Waals surface area contributed by atoms with E-state index in [9.17, 15) is 23.9 Å². The molecule has 4 rings (SSSR count). The van der Waals surface area contributed by atoms with Gasteiger partial charge in [0, 0.05) is 52.9 Å². The zero-order chi connectivity index (χ0) is 24.2. The van der Waals surface area contributed by atoms with Crippen molar-refractivity contribution in [2.24, 2.45) is 7.05 Å². The summed E-state index contributed by atoms with van der Waals surface area (Å²) >= 11 is 0. The Morgan fingerprint density at radius 1 is 1.06 bits per heavy atom. The van der Waals surface area contributed by atoms with Gasteiger partial charge in [0.15, 0.2) is 5.69 Å². The number of benzene rings is 1. The minimum atomic E-state index is -0.747. The zero-order valence-corrected chi connectivity index (χ0v) is 18.9. The van der Waals surface area contributed by atoms with Crippen molar-refractivity contribution in [1.29, 1.82) is 0 Å². The largest absolute Gasteiger partial charge is 0.501 e. The normalized spacial score (nSPS) is 16.5. The molecule has 0 saturated carbocycles. The van der Waals surface area contributed by atoms with Crippen molar-refractivity contribution in [2.75, 3.05) is 57.4 Å². The topological polar surface area (TPSA) is 120 Å². The van der Waals surface area contributed by atoms with Gasteiger partial charge in [0.2, 0.25) is 11.7 Å².